The molecule has 3 N–H and O–H groups in total. The smallest absolute Gasteiger partial charge is 0.268 e. The standard InChI is InChI=1S/C10H13N5O/c1-5(11)9-14-15-10(16-9)8-6-3-2-4-7(6)12-13-8/h5H,2-4,11H2,1H3,(H,12,13)/t5-/m0/s1. The molecular weight excluding hydrogens is 206 g/mol. The Kier molecular flexibility index (Phi) is 2.03. The Labute approximate surface area is 92.2 Å². The third-order valence-corrected chi connectivity index (χ3v) is 2.84. The van der Waals surface area contributed by atoms with Crippen molar-refractivity contribution >= 4 is 0 Å². The molecular formula is C10H13N5O. The second-order valence-electron chi connectivity index (χ2n) is 4.12. The summed E-state index contributed by atoms with van der Waals surface area (Å²) in [5, 5.41) is 15.1. The van der Waals surface area contributed by atoms with Gasteiger partial charge in [0.2, 0.25) is 5.89 Å². The van der Waals surface area contributed by atoms with Crippen molar-refractivity contribution in [1.29, 1.82) is 0 Å². The van der Waals surface area contributed by atoms with E-state index in [1.807, 2.05) is 6.92 Å². The molecule has 16 heavy (non-hydrogen) atoms. The minimum atomic E-state index is -0.242. The van der Waals surface area contributed by atoms with E-state index in [1.54, 1.807) is 0 Å². The van der Waals surface area contributed by atoms with Gasteiger partial charge in [-0.2, -0.15) is 5.10 Å². The lowest BCUT2D eigenvalue weighted by Gasteiger charge is -1.95. The number of nitrogens with two attached hydrogens (primary N) is 1. The number of H-pyrrole nitrogens is 1. The molecule has 0 amide bonds. The maximum Gasteiger partial charge on any atom is 0.268 e. The summed E-state index contributed by atoms with van der Waals surface area (Å²) in [6.07, 6.45) is 3.23. The first-order valence-electron chi connectivity index (χ1n) is 5.41. The number of aryl methyl sites for hydroxylation is 1. The molecule has 0 aliphatic heterocycles. The summed E-state index contributed by atoms with van der Waals surface area (Å²) in [5.74, 6) is 0.913. The molecule has 2 aromatic heterocycles. The molecule has 6 nitrogen and oxygen atoms in total. The summed E-state index contributed by atoms with van der Waals surface area (Å²) in [4.78, 5) is 0. The average molecular weight is 219 g/mol. The van der Waals surface area contributed by atoms with E-state index < -0.39 is 0 Å². The Morgan fingerprint density at radius 1 is 1.38 bits per heavy atom. The number of aromatic amines is 1. The van der Waals surface area contributed by atoms with Crippen LogP contribution in [0.3, 0.4) is 0 Å². The lowest BCUT2D eigenvalue weighted by molar-refractivity contribution is 0.472. The summed E-state index contributed by atoms with van der Waals surface area (Å²) >= 11 is 0. The Bertz CT molecular complexity index is 513. The van der Waals surface area contributed by atoms with Crippen LogP contribution in [0.4, 0.5) is 0 Å². The van der Waals surface area contributed by atoms with Crippen molar-refractivity contribution in [2.45, 2.75) is 32.2 Å². The van der Waals surface area contributed by atoms with E-state index in [0.717, 1.165) is 25.0 Å². The molecule has 3 rings (SSSR count). The number of fused-ring (bicyclic) bond motifs is 1. The van der Waals surface area contributed by atoms with Crippen molar-refractivity contribution < 1.29 is 4.42 Å². The van der Waals surface area contributed by atoms with Crippen molar-refractivity contribution in [3.8, 4) is 11.6 Å². The first-order valence-corrected chi connectivity index (χ1v) is 5.41. The van der Waals surface area contributed by atoms with Gasteiger partial charge in [0.1, 0.15) is 0 Å². The molecule has 0 radical (unpaired) electrons. The van der Waals surface area contributed by atoms with Gasteiger partial charge in [0, 0.05) is 11.3 Å². The topological polar surface area (TPSA) is 93.6 Å². The van der Waals surface area contributed by atoms with E-state index in [4.69, 9.17) is 10.2 Å². The Hall–Kier alpha value is -1.69. The minimum Gasteiger partial charge on any atom is -0.417 e. The van der Waals surface area contributed by atoms with Crippen LogP contribution in [-0.4, -0.2) is 20.4 Å². The highest BCUT2D eigenvalue weighted by atomic mass is 16.4. The van der Waals surface area contributed by atoms with Gasteiger partial charge in [-0.1, -0.05) is 0 Å². The fraction of sp³-hybridized carbons (Fsp3) is 0.500. The molecule has 0 unspecified atom stereocenters. The molecule has 0 aromatic carbocycles. The third kappa shape index (κ3) is 1.34. The normalized spacial score (nSPS) is 16.4. The monoisotopic (exact) mass is 219 g/mol. The predicted octanol–water partition coefficient (Wildman–Crippen LogP) is 0.968. The fourth-order valence-corrected chi connectivity index (χ4v) is 2.01. The molecule has 1 aliphatic carbocycles. The molecule has 2 aromatic rings. The zero-order valence-corrected chi connectivity index (χ0v) is 9.03. The van der Waals surface area contributed by atoms with Crippen molar-refractivity contribution in [2.75, 3.05) is 0 Å². The van der Waals surface area contributed by atoms with Crippen molar-refractivity contribution in [1.82, 2.24) is 20.4 Å². The highest BCUT2D eigenvalue weighted by Crippen LogP contribution is 2.29. The quantitative estimate of drug-likeness (QED) is 0.784. The number of aromatic nitrogens is 4. The molecule has 0 bridgehead atoms. The molecule has 0 saturated heterocycles. The second kappa shape index (κ2) is 3.41. The van der Waals surface area contributed by atoms with Crippen LogP contribution >= 0.6 is 0 Å². The number of rotatable bonds is 2. The van der Waals surface area contributed by atoms with E-state index >= 15 is 0 Å². The maximum atomic E-state index is 5.67. The highest BCUT2D eigenvalue weighted by Gasteiger charge is 2.23. The van der Waals surface area contributed by atoms with E-state index in [0.29, 0.717) is 11.8 Å². The van der Waals surface area contributed by atoms with Gasteiger partial charge in [0.25, 0.3) is 5.89 Å². The highest BCUT2D eigenvalue weighted by molar-refractivity contribution is 5.55. The Morgan fingerprint density at radius 2 is 2.25 bits per heavy atom. The number of hydrogen-bond donors (Lipinski definition) is 2. The van der Waals surface area contributed by atoms with E-state index in [-0.39, 0.29) is 6.04 Å². The van der Waals surface area contributed by atoms with Crippen LogP contribution in [0.5, 0.6) is 0 Å². The minimum absolute atomic E-state index is 0.242. The first kappa shape index (κ1) is 9.53. The van der Waals surface area contributed by atoms with Crippen molar-refractivity contribution in [3.05, 3.63) is 17.1 Å². The molecule has 0 saturated carbocycles. The summed E-state index contributed by atoms with van der Waals surface area (Å²) in [6.45, 7) is 1.81. The number of hydrogen-bond acceptors (Lipinski definition) is 5. The Balaban J connectivity index is 2.02. The van der Waals surface area contributed by atoms with Gasteiger partial charge in [-0.25, -0.2) is 0 Å². The van der Waals surface area contributed by atoms with Gasteiger partial charge in [0.15, 0.2) is 5.69 Å². The zero-order valence-electron chi connectivity index (χ0n) is 9.03. The van der Waals surface area contributed by atoms with Crippen LogP contribution in [0.1, 0.15) is 36.5 Å². The van der Waals surface area contributed by atoms with Gasteiger partial charge < -0.3 is 10.2 Å². The summed E-state index contributed by atoms with van der Waals surface area (Å²) in [6, 6.07) is -0.242. The lowest BCUT2D eigenvalue weighted by atomic mass is 10.2. The summed E-state index contributed by atoms with van der Waals surface area (Å²) in [5.41, 5.74) is 8.85. The van der Waals surface area contributed by atoms with Gasteiger partial charge in [-0.15, -0.1) is 10.2 Å². The molecule has 0 spiro atoms. The van der Waals surface area contributed by atoms with Gasteiger partial charge in [0.05, 0.1) is 6.04 Å². The van der Waals surface area contributed by atoms with Crippen LogP contribution in [0.25, 0.3) is 11.6 Å². The van der Waals surface area contributed by atoms with Gasteiger partial charge in [-0.3, -0.25) is 5.10 Å². The molecule has 84 valence electrons. The molecule has 1 aliphatic rings. The largest absolute Gasteiger partial charge is 0.417 e. The fourth-order valence-electron chi connectivity index (χ4n) is 2.01. The number of nitrogens with zero attached hydrogens (tertiary/aromatic N) is 3. The lowest BCUT2D eigenvalue weighted by Crippen LogP contribution is -2.04. The van der Waals surface area contributed by atoms with Crippen LogP contribution in [0, 0.1) is 0 Å². The first-order chi connectivity index (χ1) is 7.75. The van der Waals surface area contributed by atoms with Gasteiger partial charge in [-0.05, 0) is 26.2 Å². The van der Waals surface area contributed by atoms with E-state index in [1.165, 1.54) is 11.3 Å². The summed E-state index contributed by atoms with van der Waals surface area (Å²) < 4.78 is 5.48. The molecule has 2 heterocycles. The predicted molar refractivity (Wildman–Crippen MR) is 56.5 cm³/mol. The van der Waals surface area contributed by atoms with Gasteiger partial charge >= 0.3 is 0 Å². The summed E-state index contributed by atoms with van der Waals surface area (Å²) in [7, 11) is 0. The van der Waals surface area contributed by atoms with E-state index in [2.05, 4.69) is 20.4 Å². The SMILES string of the molecule is C[C@H](N)c1nnc(-c2n[nH]c3c2CCC3)o1. The molecule has 0 fully saturated rings. The molecule has 6 heteroatoms. The van der Waals surface area contributed by atoms with Crippen LogP contribution in [0.15, 0.2) is 4.42 Å². The zero-order chi connectivity index (χ0) is 11.1. The van der Waals surface area contributed by atoms with Crippen molar-refractivity contribution in [3.63, 3.8) is 0 Å². The van der Waals surface area contributed by atoms with Crippen LogP contribution in [0.2, 0.25) is 0 Å². The molecule has 1 atom stereocenters. The Morgan fingerprint density at radius 3 is 3.00 bits per heavy atom. The maximum absolute atomic E-state index is 5.67. The van der Waals surface area contributed by atoms with E-state index in [9.17, 15) is 0 Å². The average Bonchev–Trinajstić information content (AvgIpc) is 2.92. The van der Waals surface area contributed by atoms with Crippen molar-refractivity contribution in [2.24, 2.45) is 5.73 Å². The number of nitrogens with one attached hydrogen (secondary N) is 1. The van der Waals surface area contributed by atoms with Crippen LogP contribution in [-0.2, 0) is 12.8 Å². The third-order valence-electron chi connectivity index (χ3n) is 2.84. The van der Waals surface area contributed by atoms with Crippen LogP contribution < -0.4 is 5.73 Å². The second-order valence-corrected chi connectivity index (χ2v) is 4.12.